The summed E-state index contributed by atoms with van der Waals surface area (Å²) in [7, 11) is 0.885. The third-order valence-corrected chi connectivity index (χ3v) is 2.05. The van der Waals surface area contributed by atoms with Crippen molar-refractivity contribution in [2.24, 2.45) is 0 Å². The van der Waals surface area contributed by atoms with Crippen LogP contribution in [-0.2, 0) is 18.9 Å². The van der Waals surface area contributed by atoms with Gasteiger partial charge in [-0.25, -0.2) is 0 Å². The first-order valence-corrected chi connectivity index (χ1v) is 5.34. The van der Waals surface area contributed by atoms with Crippen molar-refractivity contribution >= 4 is 19.1 Å². The van der Waals surface area contributed by atoms with E-state index in [2.05, 4.69) is 0 Å². The van der Waals surface area contributed by atoms with Crippen LogP contribution in [0.1, 0.15) is 13.3 Å². The smallest absolute Gasteiger partial charge is 0.498 e. The first-order valence-electron chi connectivity index (χ1n) is 5.34. The van der Waals surface area contributed by atoms with Gasteiger partial charge < -0.3 is 9.31 Å². The first kappa shape index (κ1) is 12.8. The Balaban J connectivity index is 2.53. The summed E-state index contributed by atoms with van der Waals surface area (Å²) in [5.74, 6) is -0.741. The van der Waals surface area contributed by atoms with E-state index >= 15 is 0 Å². The summed E-state index contributed by atoms with van der Waals surface area (Å²) >= 11 is 0. The molecule has 6 heteroatoms. The van der Waals surface area contributed by atoms with Crippen LogP contribution in [-0.4, -0.2) is 44.1 Å². The molecule has 1 heterocycles. The number of likely N-dealkylation sites (N-methyl/N-ethyl adjacent to an activating group) is 1. The fourth-order valence-corrected chi connectivity index (χ4v) is 1.36. The summed E-state index contributed by atoms with van der Waals surface area (Å²) in [6, 6.07) is 0. The topological polar surface area (TPSA) is 55.8 Å². The van der Waals surface area contributed by atoms with Crippen LogP contribution in [0.4, 0.5) is 0 Å². The third-order valence-electron chi connectivity index (χ3n) is 2.05. The van der Waals surface area contributed by atoms with Gasteiger partial charge in [0.25, 0.3) is 0 Å². The van der Waals surface area contributed by atoms with Crippen molar-refractivity contribution in [3.8, 4) is 0 Å². The van der Waals surface area contributed by atoms with Crippen molar-refractivity contribution in [2.75, 3.05) is 20.1 Å². The van der Waals surface area contributed by atoms with E-state index in [9.17, 15) is 9.59 Å². The monoisotopic (exact) mass is 225 g/mol. The average molecular weight is 225 g/mol. The zero-order valence-electron chi connectivity index (χ0n) is 9.64. The number of nitrogens with zero attached hydrogens (tertiary/aromatic N) is 1. The lowest BCUT2D eigenvalue weighted by Gasteiger charge is -2.21. The maximum atomic E-state index is 11.3. The van der Waals surface area contributed by atoms with Crippen LogP contribution >= 0.6 is 0 Å². The normalized spacial score (nSPS) is 19.2. The number of carbonyl (C=O) groups is 2. The molecule has 0 radical (unpaired) electrons. The van der Waals surface area contributed by atoms with Gasteiger partial charge in [0.05, 0.1) is 13.1 Å². The van der Waals surface area contributed by atoms with Gasteiger partial charge in [-0.3, -0.25) is 14.5 Å². The van der Waals surface area contributed by atoms with Crippen LogP contribution < -0.4 is 0 Å². The minimum atomic E-state index is -0.781. The molecule has 1 saturated heterocycles. The lowest BCUT2D eigenvalue weighted by Crippen LogP contribution is -2.42. The molecule has 0 amide bonds. The Morgan fingerprint density at radius 2 is 1.81 bits per heavy atom. The highest BCUT2D eigenvalue weighted by atomic mass is 16.6. The van der Waals surface area contributed by atoms with Gasteiger partial charge in [0.1, 0.15) is 0 Å². The molecule has 0 spiro atoms. The summed E-state index contributed by atoms with van der Waals surface area (Å²) in [5.41, 5.74) is 0. The molecule has 1 fully saturated rings. The largest absolute Gasteiger partial charge is 0.602 e. The minimum absolute atomic E-state index is 0.114. The predicted octanol–water partition coefficient (Wildman–Crippen LogP) is 0.473. The Morgan fingerprint density at radius 3 is 2.31 bits per heavy atom. The highest BCUT2D eigenvalue weighted by Gasteiger charge is 2.30. The molecule has 0 atom stereocenters. The van der Waals surface area contributed by atoms with E-state index in [1.807, 2.05) is 19.1 Å². The number of allylic oxidation sites excluding steroid dienone is 2. The van der Waals surface area contributed by atoms with Gasteiger partial charge in [-0.15, -0.1) is 0 Å². The van der Waals surface area contributed by atoms with Gasteiger partial charge in [-0.05, 0) is 13.5 Å². The van der Waals surface area contributed by atoms with Gasteiger partial charge in [-0.2, -0.15) is 0 Å². The number of hydrogen-bond donors (Lipinski definition) is 0. The maximum absolute atomic E-state index is 11.3. The van der Waals surface area contributed by atoms with E-state index in [4.69, 9.17) is 9.31 Å². The van der Waals surface area contributed by atoms with Gasteiger partial charge in [0, 0.05) is 6.32 Å². The number of hydrogen-bond acceptors (Lipinski definition) is 5. The van der Waals surface area contributed by atoms with Crippen LogP contribution in [0.3, 0.4) is 0 Å². The van der Waals surface area contributed by atoms with Crippen LogP contribution in [0.5, 0.6) is 0 Å². The molecular weight excluding hydrogens is 209 g/mol. The molecule has 0 aromatic carbocycles. The maximum Gasteiger partial charge on any atom is 0.602 e. The van der Waals surface area contributed by atoms with Crippen LogP contribution in [0.15, 0.2) is 12.2 Å². The second kappa shape index (κ2) is 6.32. The molecular formula is C10H16BNO4. The summed E-state index contributed by atoms with van der Waals surface area (Å²) in [6.07, 6.45) is 5.09. The predicted molar refractivity (Wildman–Crippen MR) is 59.7 cm³/mol. The van der Waals surface area contributed by atoms with E-state index in [0.29, 0.717) is 6.32 Å². The molecule has 0 unspecified atom stereocenters. The molecule has 5 nitrogen and oxygen atoms in total. The highest BCUT2D eigenvalue weighted by molar-refractivity contribution is 6.49. The standard InChI is InChI=1S/C10H16BNO4/c1-3-4-5-6-11-15-9(13)7-12(2)8-10(14)16-11/h4-5H,3,6-8H2,1-2H3. The zero-order chi connectivity index (χ0) is 12.0. The van der Waals surface area contributed by atoms with Crippen molar-refractivity contribution in [3.63, 3.8) is 0 Å². The van der Waals surface area contributed by atoms with E-state index in [1.165, 1.54) is 0 Å². The van der Waals surface area contributed by atoms with Gasteiger partial charge in [0.2, 0.25) is 0 Å². The third kappa shape index (κ3) is 4.48. The van der Waals surface area contributed by atoms with Crippen molar-refractivity contribution in [2.45, 2.75) is 19.7 Å². The quantitative estimate of drug-likeness (QED) is 0.516. The summed E-state index contributed by atoms with van der Waals surface area (Å²) < 4.78 is 10.0. The second-order valence-corrected chi connectivity index (χ2v) is 3.70. The SMILES string of the molecule is CCC=CCB1OC(=O)CN(C)CC(=O)O1. The molecule has 0 aliphatic carbocycles. The molecule has 1 aliphatic heterocycles. The van der Waals surface area contributed by atoms with E-state index < -0.39 is 7.12 Å². The van der Waals surface area contributed by atoms with Crippen LogP contribution in [0.2, 0.25) is 6.32 Å². The highest BCUT2D eigenvalue weighted by Crippen LogP contribution is 2.05. The second-order valence-electron chi connectivity index (χ2n) is 3.70. The molecule has 1 rings (SSSR count). The summed E-state index contributed by atoms with van der Waals surface area (Å²) in [6.45, 7) is 2.23. The van der Waals surface area contributed by atoms with Crippen molar-refractivity contribution in [1.29, 1.82) is 0 Å². The van der Waals surface area contributed by atoms with E-state index in [-0.39, 0.29) is 25.0 Å². The summed E-state index contributed by atoms with van der Waals surface area (Å²) in [4.78, 5) is 24.2. The molecule has 0 saturated carbocycles. The minimum Gasteiger partial charge on any atom is -0.498 e. The van der Waals surface area contributed by atoms with Crippen LogP contribution in [0, 0.1) is 0 Å². The van der Waals surface area contributed by atoms with Crippen LogP contribution in [0.25, 0.3) is 0 Å². The molecule has 0 N–H and O–H groups in total. The Bertz CT molecular complexity index is 273. The zero-order valence-corrected chi connectivity index (χ0v) is 9.64. The van der Waals surface area contributed by atoms with Crippen molar-refractivity contribution < 1.29 is 18.9 Å². The number of rotatable bonds is 3. The molecule has 88 valence electrons. The number of carbonyl (C=O) groups excluding carboxylic acids is 2. The fraction of sp³-hybridized carbons (Fsp3) is 0.600. The molecule has 0 aromatic rings. The summed E-state index contributed by atoms with van der Waals surface area (Å²) in [5, 5.41) is 0. The average Bonchev–Trinajstić information content (AvgIpc) is 2.14. The van der Waals surface area contributed by atoms with Gasteiger partial charge in [-0.1, -0.05) is 19.1 Å². The van der Waals surface area contributed by atoms with Crippen molar-refractivity contribution in [3.05, 3.63) is 12.2 Å². The van der Waals surface area contributed by atoms with Gasteiger partial charge in [0.15, 0.2) is 0 Å². The molecule has 0 aromatic heterocycles. The fourth-order valence-electron chi connectivity index (χ4n) is 1.36. The molecule has 16 heavy (non-hydrogen) atoms. The van der Waals surface area contributed by atoms with Crippen molar-refractivity contribution in [1.82, 2.24) is 4.90 Å². The Morgan fingerprint density at radius 1 is 1.25 bits per heavy atom. The lowest BCUT2D eigenvalue weighted by molar-refractivity contribution is -0.145. The van der Waals surface area contributed by atoms with E-state index in [1.54, 1.807) is 11.9 Å². The first-order chi connectivity index (χ1) is 7.61. The molecule has 1 aliphatic rings. The Kier molecular flexibility index (Phi) is 5.05. The van der Waals surface area contributed by atoms with Gasteiger partial charge >= 0.3 is 19.1 Å². The lowest BCUT2D eigenvalue weighted by atomic mass is 9.84. The van der Waals surface area contributed by atoms with E-state index in [0.717, 1.165) is 6.42 Å². The Labute approximate surface area is 95.5 Å². The molecule has 0 bridgehead atoms. The Hall–Kier alpha value is -1.30.